The molecule has 0 aliphatic heterocycles. The second kappa shape index (κ2) is 5.69. The van der Waals surface area contributed by atoms with Gasteiger partial charge in [-0.3, -0.25) is 9.59 Å². The highest BCUT2D eigenvalue weighted by atomic mass is 19.1. The van der Waals surface area contributed by atoms with E-state index in [0.717, 1.165) is 0 Å². The van der Waals surface area contributed by atoms with Gasteiger partial charge >= 0.3 is 0 Å². The first-order chi connectivity index (χ1) is 9.50. The number of halogens is 1. The maximum absolute atomic E-state index is 13.7. The Labute approximate surface area is 115 Å². The predicted octanol–water partition coefficient (Wildman–Crippen LogP) is 2.35. The molecule has 1 N–H and O–H groups in total. The number of nitrogens with one attached hydrogen (secondary N) is 1. The van der Waals surface area contributed by atoms with E-state index in [1.165, 1.54) is 29.3 Å². The number of amides is 1. The predicted molar refractivity (Wildman–Crippen MR) is 74.0 cm³/mol. The Balaban J connectivity index is 2.27. The zero-order valence-electron chi connectivity index (χ0n) is 11.3. The molecule has 1 heterocycles. The molecule has 0 spiro atoms. The van der Waals surface area contributed by atoms with Gasteiger partial charge in [0.05, 0.1) is 6.04 Å². The lowest BCUT2D eigenvalue weighted by molar-refractivity contribution is 0.0740. The van der Waals surface area contributed by atoms with E-state index in [-0.39, 0.29) is 22.8 Å². The van der Waals surface area contributed by atoms with E-state index in [9.17, 15) is 14.0 Å². The van der Waals surface area contributed by atoms with Crippen LogP contribution >= 0.6 is 0 Å². The summed E-state index contributed by atoms with van der Waals surface area (Å²) in [6.45, 7) is 1.74. The van der Waals surface area contributed by atoms with Crippen molar-refractivity contribution in [3.05, 3.63) is 69.9 Å². The number of nitrogens with zero attached hydrogens (tertiary/aromatic N) is 1. The number of aromatic nitrogens is 1. The zero-order valence-corrected chi connectivity index (χ0v) is 11.3. The number of aromatic amines is 1. The second-order valence-electron chi connectivity index (χ2n) is 4.56. The van der Waals surface area contributed by atoms with E-state index in [0.29, 0.717) is 5.56 Å². The lowest BCUT2D eigenvalue weighted by Gasteiger charge is -2.25. The van der Waals surface area contributed by atoms with Gasteiger partial charge in [0.1, 0.15) is 5.82 Å². The molecule has 0 saturated heterocycles. The summed E-state index contributed by atoms with van der Waals surface area (Å²) in [6, 6.07) is 8.65. The smallest absolute Gasteiger partial charge is 0.254 e. The maximum Gasteiger partial charge on any atom is 0.254 e. The Morgan fingerprint density at radius 3 is 2.65 bits per heavy atom. The fraction of sp³-hybridized carbons (Fsp3) is 0.200. The van der Waals surface area contributed by atoms with Gasteiger partial charge < -0.3 is 9.88 Å². The first-order valence-corrected chi connectivity index (χ1v) is 6.21. The van der Waals surface area contributed by atoms with Crippen molar-refractivity contribution < 1.29 is 9.18 Å². The van der Waals surface area contributed by atoms with Crippen molar-refractivity contribution in [1.29, 1.82) is 0 Å². The molecular formula is C15H15FN2O2. The number of benzene rings is 1. The molecule has 1 atom stereocenters. The van der Waals surface area contributed by atoms with Gasteiger partial charge in [0.15, 0.2) is 0 Å². The fourth-order valence-corrected chi connectivity index (χ4v) is 1.98. The molecule has 2 rings (SSSR count). The van der Waals surface area contributed by atoms with Crippen LogP contribution in [0.15, 0.2) is 47.4 Å². The van der Waals surface area contributed by atoms with Crippen LogP contribution in [0.2, 0.25) is 0 Å². The number of H-pyrrole nitrogens is 1. The summed E-state index contributed by atoms with van der Waals surface area (Å²) >= 11 is 0. The Morgan fingerprint density at radius 1 is 1.30 bits per heavy atom. The summed E-state index contributed by atoms with van der Waals surface area (Å²) in [5.74, 6) is -0.683. The van der Waals surface area contributed by atoms with Crippen LogP contribution in [0, 0.1) is 5.82 Å². The van der Waals surface area contributed by atoms with E-state index in [4.69, 9.17) is 0 Å². The average Bonchev–Trinajstić information content (AvgIpc) is 2.45. The van der Waals surface area contributed by atoms with Gasteiger partial charge in [-0.25, -0.2) is 4.39 Å². The Hall–Kier alpha value is -2.43. The van der Waals surface area contributed by atoms with Crippen LogP contribution in [0.4, 0.5) is 4.39 Å². The first kappa shape index (κ1) is 14.0. The quantitative estimate of drug-likeness (QED) is 0.934. The molecule has 0 bridgehead atoms. The minimum Gasteiger partial charge on any atom is -0.335 e. The van der Waals surface area contributed by atoms with Crippen LogP contribution < -0.4 is 5.56 Å². The van der Waals surface area contributed by atoms with Gasteiger partial charge in [0, 0.05) is 30.4 Å². The lowest BCUT2D eigenvalue weighted by atomic mass is 10.1. The third-order valence-electron chi connectivity index (χ3n) is 3.28. The molecule has 1 unspecified atom stereocenters. The largest absolute Gasteiger partial charge is 0.335 e. The van der Waals surface area contributed by atoms with Crippen LogP contribution in [0.1, 0.15) is 28.9 Å². The topological polar surface area (TPSA) is 53.2 Å². The molecule has 0 aliphatic rings. The normalized spacial score (nSPS) is 11.9. The third kappa shape index (κ3) is 2.77. The Bertz CT molecular complexity index is 681. The molecule has 104 valence electrons. The number of rotatable bonds is 3. The number of pyridine rings is 1. The van der Waals surface area contributed by atoms with Gasteiger partial charge in [0.25, 0.3) is 5.91 Å². The van der Waals surface area contributed by atoms with E-state index in [1.54, 1.807) is 32.2 Å². The molecule has 20 heavy (non-hydrogen) atoms. The molecule has 5 heteroatoms. The number of hydrogen-bond acceptors (Lipinski definition) is 2. The standard InChI is InChI=1S/C15H15FN2O2/c1-10(12-5-3-4-6-13(12)16)18(2)15(20)11-7-8-17-14(19)9-11/h3-10H,1-2H3,(H,17,19). The van der Waals surface area contributed by atoms with Crippen LogP contribution in [0.3, 0.4) is 0 Å². The summed E-state index contributed by atoms with van der Waals surface area (Å²) < 4.78 is 13.7. The fourth-order valence-electron chi connectivity index (χ4n) is 1.98. The van der Waals surface area contributed by atoms with Gasteiger partial charge in [0.2, 0.25) is 5.56 Å². The van der Waals surface area contributed by atoms with Crippen molar-refractivity contribution in [2.24, 2.45) is 0 Å². The van der Waals surface area contributed by atoms with Crippen molar-refractivity contribution in [2.75, 3.05) is 7.05 Å². The molecule has 0 aliphatic carbocycles. The number of carbonyl (C=O) groups is 1. The third-order valence-corrected chi connectivity index (χ3v) is 3.28. The minimum absolute atomic E-state index is 0.277. The molecule has 1 aromatic heterocycles. The zero-order chi connectivity index (χ0) is 14.7. The van der Waals surface area contributed by atoms with Gasteiger partial charge in [-0.05, 0) is 19.1 Å². The molecular weight excluding hydrogens is 259 g/mol. The van der Waals surface area contributed by atoms with E-state index in [1.807, 2.05) is 0 Å². The molecule has 2 aromatic rings. The number of hydrogen-bond donors (Lipinski definition) is 1. The van der Waals surface area contributed by atoms with E-state index in [2.05, 4.69) is 4.98 Å². The molecule has 4 nitrogen and oxygen atoms in total. The molecule has 0 saturated carbocycles. The van der Waals surface area contributed by atoms with Crippen LogP contribution in [0.25, 0.3) is 0 Å². The maximum atomic E-state index is 13.7. The lowest BCUT2D eigenvalue weighted by Crippen LogP contribution is -2.30. The molecule has 0 fully saturated rings. The van der Waals surface area contributed by atoms with Crippen LogP contribution in [-0.2, 0) is 0 Å². The summed E-state index contributed by atoms with van der Waals surface area (Å²) in [5, 5.41) is 0. The summed E-state index contributed by atoms with van der Waals surface area (Å²) in [4.78, 5) is 27.4. The van der Waals surface area contributed by atoms with E-state index >= 15 is 0 Å². The van der Waals surface area contributed by atoms with Crippen LogP contribution in [0.5, 0.6) is 0 Å². The van der Waals surface area contributed by atoms with Gasteiger partial charge in [-0.15, -0.1) is 0 Å². The highest BCUT2D eigenvalue weighted by Crippen LogP contribution is 2.22. The SMILES string of the molecule is CC(c1ccccc1F)N(C)C(=O)c1cc[nH]c(=O)c1. The van der Waals surface area contributed by atoms with Crippen molar-refractivity contribution in [3.63, 3.8) is 0 Å². The summed E-state index contributed by atoms with van der Waals surface area (Å²) in [6.07, 6.45) is 1.41. The van der Waals surface area contributed by atoms with Crippen molar-refractivity contribution in [2.45, 2.75) is 13.0 Å². The monoisotopic (exact) mass is 274 g/mol. The summed E-state index contributed by atoms with van der Waals surface area (Å²) in [7, 11) is 1.58. The average molecular weight is 274 g/mol. The van der Waals surface area contributed by atoms with Crippen molar-refractivity contribution in [1.82, 2.24) is 9.88 Å². The first-order valence-electron chi connectivity index (χ1n) is 6.21. The molecule has 1 amide bonds. The van der Waals surface area contributed by atoms with E-state index < -0.39 is 6.04 Å². The highest BCUT2D eigenvalue weighted by molar-refractivity contribution is 5.94. The minimum atomic E-state index is -0.428. The molecule has 0 radical (unpaired) electrons. The van der Waals surface area contributed by atoms with Crippen LogP contribution in [-0.4, -0.2) is 22.8 Å². The highest BCUT2D eigenvalue weighted by Gasteiger charge is 2.21. The second-order valence-corrected chi connectivity index (χ2v) is 4.56. The summed E-state index contributed by atoms with van der Waals surface area (Å²) in [5.41, 5.74) is 0.371. The van der Waals surface area contributed by atoms with Crippen molar-refractivity contribution in [3.8, 4) is 0 Å². The van der Waals surface area contributed by atoms with Gasteiger partial charge in [-0.2, -0.15) is 0 Å². The number of carbonyl (C=O) groups excluding carboxylic acids is 1. The molecule has 1 aromatic carbocycles. The van der Waals surface area contributed by atoms with Crippen molar-refractivity contribution >= 4 is 5.91 Å². The van der Waals surface area contributed by atoms with Gasteiger partial charge in [-0.1, -0.05) is 18.2 Å². The Morgan fingerprint density at radius 2 is 2.00 bits per heavy atom. The Kier molecular flexibility index (Phi) is 3.98.